The number of thioether (sulfide) groups is 1. The molecule has 0 aromatic heterocycles. The van der Waals surface area contributed by atoms with Crippen LogP contribution in [0.5, 0.6) is 11.5 Å². The Bertz CT molecular complexity index is 904. The highest BCUT2D eigenvalue weighted by molar-refractivity contribution is 8.00. The number of aryl methyl sites for hydroxylation is 1. The van der Waals surface area contributed by atoms with Crippen LogP contribution in [0.15, 0.2) is 47.4 Å². The third kappa shape index (κ3) is 6.14. The summed E-state index contributed by atoms with van der Waals surface area (Å²) in [7, 11) is 1.33. The quantitative estimate of drug-likeness (QED) is 0.545. The van der Waals surface area contributed by atoms with E-state index in [-0.39, 0.29) is 28.8 Å². The number of amides is 5. The first-order chi connectivity index (χ1) is 13.6. The van der Waals surface area contributed by atoms with Gasteiger partial charge in [-0.2, -0.15) is 13.2 Å². The summed E-state index contributed by atoms with van der Waals surface area (Å²) < 4.78 is 42.8. The monoisotopic (exact) mass is 427 g/mol. The Morgan fingerprint density at radius 2 is 1.76 bits per heavy atom. The number of ether oxygens (including phenoxy) is 1. The molecule has 2 N–H and O–H groups in total. The van der Waals surface area contributed by atoms with Crippen LogP contribution in [-0.2, 0) is 4.79 Å². The van der Waals surface area contributed by atoms with Crippen LogP contribution in [-0.4, -0.2) is 31.0 Å². The Kier molecular flexibility index (Phi) is 7.10. The number of hydrogen-bond acceptors (Lipinski definition) is 5. The van der Waals surface area contributed by atoms with E-state index in [1.807, 2.05) is 5.32 Å². The summed E-state index contributed by atoms with van der Waals surface area (Å²) in [6.45, 7) is 1.66. The molecule has 0 heterocycles. The molecule has 0 aliphatic carbocycles. The number of halogens is 3. The predicted octanol–water partition coefficient (Wildman–Crippen LogP) is 4.41. The van der Waals surface area contributed by atoms with E-state index in [2.05, 4.69) is 5.32 Å². The van der Waals surface area contributed by atoms with Crippen LogP contribution < -0.4 is 20.3 Å². The third-order valence-electron chi connectivity index (χ3n) is 3.50. The van der Waals surface area contributed by atoms with E-state index in [0.29, 0.717) is 17.1 Å². The molecule has 0 unspecified atom stereocenters. The summed E-state index contributed by atoms with van der Waals surface area (Å²) in [6, 6.07) is 8.08. The fourth-order valence-electron chi connectivity index (χ4n) is 2.28. The molecular weight excluding hydrogens is 411 g/mol. The average molecular weight is 427 g/mol. The van der Waals surface area contributed by atoms with E-state index in [4.69, 9.17) is 4.74 Å². The van der Waals surface area contributed by atoms with Gasteiger partial charge in [0.15, 0.2) is 0 Å². The molecular formula is C18H16F3N3O4S. The van der Waals surface area contributed by atoms with Crippen molar-refractivity contribution in [2.75, 3.05) is 11.9 Å². The van der Waals surface area contributed by atoms with Crippen molar-refractivity contribution in [1.82, 2.24) is 10.6 Å². The summed E-state index contributed by atoms with van der Waals surface area (Å²) >= 11 is -0.226. The van der Waals surface area contributed by atoms with Crippen LogP contribution in [0.4, 0.5) is 28.4 Å². The van der Waals surface area contributed by atoms with Crippen LogP contribution in [0.25, 0.3) is 0 Å². The van der Waals surface area contributed by atoms with Crippen LogP contribution in [0.3, 0.4) is 0 Å². The lowest BCUT2D eigenvalue weighted by Gasteiger charge is -2.20. The number of rotatable bonds is 5. The Balaban J connectivity index is 2.21. The minimum Gasteiger partial charge on any atom is -0.457 e. The van der Waals surface area contributed by atoms with Gasteiger partial charge in [0.25, 0.3) is 0 Å². The average Bonchev–Trinajstić information content (AvgIpc) is 2.64. The molecule has 7 nitrogen and oxygen atoms in total. The van der Waals surface area contributed by atoms with Gasteiger partial charge in [0.1, 0.15) is 11.5 Å². The van der Waals surface area contributed by atoms with E-state index in [9.17, 15) is 27.6 Å². The fourth-order valence-corrected chi connectivity index (χ4v) is 2.82. The molecule has 0 radical (unpaired) electrons. The zero-order chi connectivity index (χ0) is 21.6. The van der Waals surface area contributed by atoms with Crippen molar-refractivity contribution in [3.05, 3.63) is 48.0 Å². The molecule has 154 valence electrons. The van der Waals surface area contributed by atoms with Gasteiger partial charge >= 0.3 is 17.6 Å². The van der Waals surface area contributed by atoms with Gasteiger partial charge in [0, 0.05) is 11.9 Å². The summed E-state index contributed by atoms with van der Waals surface area (Å²) in [4.78, 5) is 35.2. The second kappa shape index (κ2) is 9.32. The fraction of sp³-hybridized carbons (Fsp3) is 0.167. The number of imide groups is 2. The molecule has 0 aliphatic rings. The Morgan fingerprint density at radius 3 is 2.28 bits per heavy atom. The molecule has 0 fully saturated rings. The number of anilines is 1. The highest BCUT2D eigenvalue weighted by atomic mass is 32.2. The summed E-state index contributed by atoms with van der Waals surface area (Å²) in [6.07, 6.45) is 0.156. The van der Waals surface area contributed by atoms with Gasteiger partial charge in [-0.1, -0.05) is 0 Å². The molecule has 5 amide bonds. The second-order valence-electron chi connectivity index (χ2n) is 5.53. The van der Waals surface area contributed by atoms with Crippen molar-refractivity contribution in [3.63, 3.8) is 0 Å². The molecule has 0 saturated carbocycles. The third-order valence-corrected chi connectivity index (χ3v) is 4.24. The van der Waals surface area contributed by atoms with E-state index < -0.39 is 17.6 Å². The van der Waals surface area contributed by atoms with Crippen molar-refractivity contribution in [1.29, 1.82) is 0 Å². The van der Waals surface area contributed by atoms with Gasteiger partial charge in [0.2, 0.25) is 6.41 Å². The standard InChI is InChI=1S/C18H16F3N3O4S/c1-11-9-12(24(16(26)22-2)17(27)23-10-25)3-8-15(11)28-13-4-6-14(7-5-13)29-18(19,20)21/h3-10H,1-2H3,(H,22,26)(H,23,25,27). The molecule has 2 aromatic carbocycles. The molecule has 0 bridgehead atoms. The molecule has 11 heteroatoms. The largest absolute Gasteiger partial charge is 0.457 e. The van der Waals surface area contributed by atoms with Gasteiger partial charge in [-0.15, -0.1) is 0 Å². The van der Waals surface area contributed by atoms with Crippen molar-refractivity contribution in [3.8, 4) is 11.5 Å². The maximum absolute atomic E-state index is 12.4. The molecule has 2 aromatic rings. The van der Waals surface area contributed by atoms with Gasteiger partial charge in [-0.3, -0.25) is 10.1 Å². The maximum atomic E-state index is 12.4. The van der Waals surface area contributed by atoms with E-state index >= 15 is 0 Å². The minimum absolute atomic E-state index is 0.0272. The summed E-state index contributed by atoms with van der Waals surface area (Å²) in [5, 5.41) is 4.18. The van der Waals surface area contributed by atoms with Gasteiger partial charge in [-0.25, -0.2) is 14.5 Å². The lowest BCUT2D eigenvalue weighted by Crippen LogP contribution is -2.47. The molecule has 29 heavy (non-hydrogen) atoms. The smallest absolute Gasteiger partial charge is 0.446 e. The molecule has 2 rings (SSSR count). The molecule has 0 saturated heterocycles. The zero-order valence-electron chi connectivity index (χ0n) is 15.2. The molecule has 0 atom stereocenters. The van der Waals surface area contributed by atoms with Crippen LogP contribution in [0, 0.1) is 6.92 Å². The first-order valence-corrected chi connectivity index (χ1v) is 8.86. The first-order valence-electron chi connectivity index (χ1n) is 8.05. The number of alkyl halides is 3. The van der Waals surface area contributed by atoms with Gasteiger partial charge < -0.3 is 10.1 Å². The molecule has 0 aliphatic heterocycles. The number of benzene rings is 2. The summed E-state index contributed by atoms with van der Waals surface area (Å²) in [5.41, 5.74) is -3.64. The van der Waals surface area contributed by atoms with E-state index in [1.54, 1.807) is 6.92 Å². The van der Waals surface area contributed by atoms with Crippen LogP contribution in [0.1, 0.15) is 5.56 Å². The van der Waals surface area contributed by atoms with Gasteiger partial charge in [0.05, 0.1) is 5.69 Å². The summed E-state index contributed by atoms with van der Waals surface area (Å²) in [5.74, 6) is 0.687. The lowest BCUT2D eigenvalue weighted by molar-refractivity contribution is -0.108. The zero-order valence-corrected chi connectivity index (χ0v) is 16.1. The molecule has 0 spiro atoms. The van der Waals surface area contributed by atoms with E-state index in [0.717, 1.165) is 4.90 Å². The highest BCUT2D eigenvalue weighted by Gasteiger charge is 2.29. The Morgan fingerprint density at radius 1 is 1.10 bits per heavy atom. The number of urea groups is 2. The normalized spacial score (nSPS) is 10.8. The van der Waals surface area contributed by atoms with Crippen molar-refractivity contribution < 1.29 is 32.3 Å². The topological polar surface area (TPSA) is 87.7 Å². The first kappa shape index (κ1) is 22.1. The lowest BCUT2D eigenvalue weighted by atomic mass is 10.2. The number of nitrogens with one attached hydrogen (secondary N) is 2. The minimum atomic E-state index is -4.37. The van der Waals surface area contributed by atoms with Crippen molar-refractivity contribution in [2.45, 2.75) is 17.3 Å². The number of carbonyl (C=O) groups excluding carboxylic acids is 3. The van der Waals surface area contributed by atoms with Crippen LogP contribution >= 0.6 is 11.8 Å². The maximum Gasteiger partial charge on any atom is 0.446 e. The number of carbonyl (C=O) groups is 3. The number of hydrogen-bond donors (Lipinski definition) is 2. The number of nitrogens with zero attached hydrogens (tertiary/aromatic N) is 1. The van der Waals surface area contributed by atoms with Crippen LogP contribution in [0.2, 0.25) is 0 Å². The van der Waals surface area contributed by atoms with E-state index in [1.165, 1.54) is 49.5 Å². The van der Waals surface area contributed by atoms with Crippen molar-refractivity contribution >= 4 is 35.9 Å². The SMILES string of the molecule is CNC(=O)N(C(=O)NC=O)c1ccc(Oc2ccc(SC(F)(F)F)cc2)c(C)c1. The second-order valence-corrected chi connectivity index (χ2v) is 6.67. The van der Waals surface area contributed by atoms with Gasteiger partial charge in [-0.05, 0) is 66.7 Å². The Labute approximate surface area is 168 Å². The van der Waals surface area contributed by atoms with Crippen molar-refractivity contribution in [2.24, 2.45) is 0 Å². The predicted molar refractivity (Wildman–Crippen MR) is 101 cm³/mol. The Hall–Kier alpha value is -3.21. The highest BCUT2D eigenvalue weighted by Crippen LogP contribution is 2.38.